The van der Waals surface area contributed by atoms with E-state index in [1.54, 1.807) is 7.11 Å². The van der Waals surface area contributed by atoms with Gasteiger partial charge in [0.1, 0.15) is 0 Å². The second-order valence-corrected chi connectivity index (χ2v) is 9.68. The van der Waals surface area contributed by atoms with E-state index >= 15 is 0 Å². The average molecular weight is 469 g/mol. The molecule has 1 N–H and O–H groups in total. The van der Waals surface area contributed by atoms with Crippen molar-refractivity contribution in [3.63, 3.8) is 0 Å². The van der Waals surface area contributed by atoms with Crippen LogP contribution in [0, 0.1) is 0 Å². The van der Waals surface area contributed by atoms with Gasteiger partial charge in [-0.15, -0.1) is 0 Å². The van der Waals surface area contributed by atoms with Crippen LogP contribution in [0.3, 0.4) is 0 Å². The summed E-state index contributed by atoms with van der Waals surface area (Å²) in [6.07, 6.45) is 9.04. The third-order valence-corrected chi connectivity index (χ3v) is 7.45. The molecule has 7 heteroatoms. The van der Waals surface area contributed by atoms with Gasteiger partial charge in [-0.25, -0.2) is 4.98 Å². The summed E-state index contributed by atoms with van der Waals surface area (Å²) in [7, 11) is 1.71. The van der Waals surface area contributed by atoms with Gasteiger partial charge in [-0.05, 0) is 68.6 Å². The molecular formula is C28H32N6O. The maximum atomic E-state index is 5.30. The number of benzene rings is 1. The third-order valence-electron chi connectivity index (χ3n) is 7.45. The molecule has 2 saturated heterocycles. The minimum Gasteiger partial charge on any atom is -0.380 e. The lowest BCUT2D eigenvalue weighted by Crippen LogP contribution is -2.43. The second-order valence-electron chi connectivity index (χ2n) is 9.68. The minimum atomic E-state index is 0.579. The Morgan fingerprint density at radius 3 is 2.66 bits per heavy atom. The highest BCUT2D eigenvalue weighted by Crippen LogP contribution is 2.32. The SMILES string of the molecule is COCc1cccc(-c2[nH]ncc2-c2ccc3ncc(N4CCC(N5CCCC5)CC4)cc3n2)c1. The number of piperidine rings is 1. The van der Waals surface area contributed by atoms with Crippen LogP contribution in [0.2, 0.25) is 0 Å². The van der Waals surface area contributed by atoms with Gasteiger partial charge in [0.05, 0.1) is 47.1 Å². The lowest BCUT2D eigenvalue weighted by Gasteiger charge is -2.37. The van der Waals surface area contributed by atoms with Gasteiger partial charge in [0.2, 0.25) is 0 Å². The van der Waals surface area contributed by atoms with Crippen molar-refractivity contribution < 1.29 is 4.74 Å². The molecule has 2 aliphatic rings. The molecular weight excluding hydrogens is 436 g/mol. The zero-order valence-electron chi connectivity index (χ0n) is 20.3. The highest BCUT2D eigenvalue weighted by atomic mass is 16.5. The quantitative estimate of drug-likeness (QED) is 0.434. The maximum Gasteiger partial charge on any atom is 0.0914 e. The van der Waals surface area contributed by atoms with Crippen molar-refractivity contribution in [1.82, 2.24) is 25.1 Å². The van der Waals surface area contributed by atoms with E-state index in [1.165, 1.54) is 44.5 Å². The Morgan fingerprint density at radius 2 is 1.83 bits per heavy atom. The van der Waals surface area contributed by atoms with E-state index in [1.807, 2.05) is 24.5 Å². The molecule has 0 atom stereocenters. The average Bonchev–Trinajstić information content (AvgIpc) is 3.62. The zero-order valence-corrected chi connectivity index (χ0v) is 20.3. The molecule has 0 spiro atoms. The van der Waals surface area contributed by atoms with E-state index in [2.05, 4.69) is 50.3 Å². The molecule has 0 unspecified atom stereocenters. The number of aromatic nitrogens is 4. The highest BCUT2D eigenvalue weighted by Gasteiger charge is 2.26. The van der Waals surface area contributed by atoms with Crippen molar-refractivity contribution in [1.29, 1.82) is 0 Å². The van der Waals surface area contributed by atoms with Crippen LogP contribution in [-0.4, -0.2) is 64.4 Å². The smallest absolute Gasteiger partial charge is 0.0914 e. The summed E-state index contributed by atoms with van der Waals surface area (Å²) in [5.74, 6) is 0. The van der Waals surface area contributed by atoms with Gasteiger partial charge < -0.3 is 14.5 Å². The molecule has 0 amide bonds. The summed E-state index contributed by atoms with van der Waals surface area (Å²) in [6.45, 7) is 5.30. The van der Waals surface area contributed by atoms with E-state index in [4.69, 9.17) is 14.7 Å². The molecule has 3 aromatic heterocycles. The Hall–Kier alpha value is -3.29. The molecule has 0 radical (unpaired) electrons. The number of hydrogen-bond donors (Lipinski definition) is 1. The van der Waals surface area contributed by atoms with Crippen LogP contribution in [0.25, 0.3) is 33.5 Å². The predicted molar refractivity (Wildman–Crippen MR) is 139 cm³/mol. The third kappa shape index (κ3) is 4.54. The summed E-state index contributed by atoms with van der Waals surface area (Å²) in [4.78, 5) is 14.9. The molecule has 1 aromatic carbocycles. The Balaban J connectivity index is 1.25. The Kier molecular flexibility index (Phi) is 6.19. The first-order valence-electron chi connectivity index (χ1n) is 12.7. The molecule has 5 heterocycles. The highest BCUT2D eigenvalue weighted by molar-refractivity contribution is 5.84. The van der Waals surface area contributed by atoms with Crippen LogP contribution in [0.1, 0.15) is 31.2 Å². The summed E-state index contributed by atoms with van der Waals surface area (Å²) >= 11 is 0. The largest absolute Gasteiger partial charge is 0.380 e. The lowest BCUT2D eigenvalue weighted by atomic mass is 10.0. The fraction of sp³-hybridized carbons (Fsp3) is 0.393. The molecule has 0 bridgehead atoms. The fourth-order valence-electron chi connectivity index (χ4n) is 5.60. The Bertz CT molecular complexity index is 1300. The lowest BCUT2D eigenvalue weighted by molar-refractivity contribution is 0.185. The van der Waals surface area contributed by atoms with Crippen molar-refractivity contribution in [2.75, 3.05) is 38.2 Å². The summed E-state index contributed by atoms with van der Waals surface area (Å²) in [5, 5.41) is 7.51. The van der Waals surface area contributed by atoms with Crippen molar-refractivity contribution >= 4 is 16.7 Å². The van der Waals surface area contributed by atoms with Crippen LogP contribution in [0.15, 0.2) is 54.9 Å². The number of nitrogens with one attached hydrogen (secondary N) is 1. The molecule has 180 valence electrons. The predicted octanol–water partition coefficient (Wildman–Crippen LogP) is 4.90. The van der Waals surface area contributed by atoms with Gasteiger partial charge in [-0.1, -0.05) is 18.2 Å². The zero-order chi connectivity index (χ0) is 23.6. The van der Waals surface area contributed by atoms with E-state index in [0.717, 1.165) is 58.2 Å². The number of anilines is 1. The van der Waals surface area contributed by atoms with Gasteiger partial charge in [0.25, 0.3) is 0 Å². The van der Waals surface area contributed by atoms with Crippen LogP contribution in [-0.2, 0) is 11.3 Å². The van der Waals surface area contributed by atoms with Crippen molar-refractivity contribution in [3.05, 3.63) is 60.4 Å². The molecule has 0 saturated carbocycles. The van der Waals surface area contributed by atoms with Gasteiger partial charge >= 0.3 is 0 Å². The first kappa shape index (κ1) is 22.2. The molecule has 2 fully saturated rings. The monoisotopic (exact) mass is 468 g/mol. The second kappa shape index (κ2) is 9.76. The molecule has 7 nitrogen and oxygen atoms in total. The molecule has 2 aliphatic heterocycles. The van der Waals surface area contributed by atoms with E-state index < -0.39 is 0 Å². The number of pyridine rings is 2. The topological polar surface area (TPSA) is 70.2 Å². The number of likely N-dealkylation sites (tertiary alicyclic amines) is 1. The minimum absolute atomic E-state index is 0.579. The van der Waals surface area contributed by atoms with Crippen molar-refractivity contribution in [2.45, 2.75) is 38.3 Å². The Labute approximate surface area is 206 Å². The van der Waals surface area contributed by atoms with Gasteiger partial charge in [-0.2, -0.15) is 5.10 Å². The van der Waals surface area contributed by atoms with E-state index in [0.29, 0.717) is 6.61 Å². The summed E-state index contributed by atoms with van der Waals surface area (Å²) in [5.41, 5.74) is 8.03. The number of aromatic amines is 1. The molecule has 4 aromatic rings. The first-order chi connectivity index (χ1) is 17.3. The maximum absolute atomic E-state index is 5.30. The van der Waals surface area contributed by atoms with Crippen LogP contribution < -0.4 is 4.90 Å². The number of H-pyrrole nitrogens is 1. The normalized spacial score (nSPS) is 17.5. The van der Waals surface area contributed by atoms with Crippen molar-refractivity contribution in [3.8, 4) is 22.5 Å². The number of ether oxygens (including phenoxy) is 1. The van der Waals surface area contributed by atoms with Crippen LogP contribution in [0.5, 0.6) is 0 Å². The first-order valence-corrected chi connectivity index (χ1v) is 12.7. The molecule has 6 rings (SSSR count). The molecule has 0 aliphatic carbocycles. The van der Waals surface area contributed by atoms with Crippen LogP contribution >= 0.6 is 0 Å². The van der Waals surface area contributed by atoms with Crippen LogP contribution in [0.4, 0.5) is 5.69 Å². The summed E-state index contributed by atoms with van der Waals surface area (Å²) < 4.78 is 5.30. The standard InChI is InChI=1S/C28H32N6O/c1-35-19-20-5-4-6-21(15-20)28-24(18-30-32-28)25-7-8-26-27(31-25)16-23(17-29-26)34-13-9-22(10-14-34)33-11-2-3-12-33/h4-8,15-18,22H,2-3,9-14,19H2,1H3,(H,30,32). The number of rotatable bonds is 6. The van der Waals surface area contributed by atoms with Gasteiger partial charge in [-0.3, -0.25) is 10.1 Å². The van der Waals surface area contributed by atoms with E-state index in [-0.39, 0.29) is 0 Å². The Morgan fingerprint density at radius 1 is 0.971 bits per heavy atom. The number of nitrogens with zero attached hydrogens (tertiary/aromatic N) is 5. The number of methoxy groups -OCH3 is 1. The van der Waals surface area contributed by atoms with Gasteiger partial charge in [0, 0.05) is 37.4 Å². The molecule has 35 heavy (non-hydrogen) atoms. The fourth-order valence-corrected chi connectivity index (χ4v) is 5.60. The number of fused-ring (bicyclic) bond motifs is 1. The van der Waals surface area contributed by atoms with Gasteiger partial charge in [0.15, 0.2) is 0 Å². The summed E-state index contributed by atoms with van der Waals surface area (Å²) in [6, 6.07) is 15.4. The number of hydrogen-bond acceptors (Lipinski definition) is 6. The van der Waals surface area contributed by atoms with E-state index in [9.17, 15) is 0 Å². The van der Waals surface area contributed by atoms with Crippen molar-refractivity contribution in [2.24, 2.45) is 0 Å².